The molecule has 0 saturated heterocycles. The van der Waals surface area contributed by atoms with Gasteiger partial charge in [0.2, 0.25) is 0 Å². The zero-order valence-electron chi connectivity index (χ0n) is 7.74. The molecule has 0 aromatic carbocycles. The molecule has 0 amide bonds. The molecule has 6 heteroatoms. The van der Waals surface area contributed by atoms with Crippen molar-refractivity contribution in [2.75, 3.05) is 18.5 Å². The highest BCUT2D eigenvalue weighted by Gasteiger charge is 2.07. The normalized spacial score (nSPS) is 10.6. The largest absolute Gasteiger partial charge is 0.394 e. The molecule has 0 aliphatic heterocycles. The predicted molar refractivity (Wildman–Crippen MR) is 53.4 cm³/mol. The molecule has 0 aliphatic carbocycles. The lowest BCUT2D eigenvalue weighted by Crippen LogP contribution is -2.28. The van der Waals surface area contributed by atoms with Gasteiger partial charge in [-0.1, -0.05) is 11.6 Å². The Morgan fingerprint density at radius 3 is 2.57 bits per heavy atom. The molecule has 0 radical (unpaired) electrons. The van der Waals surface area contributed by atoms with E-state index in [4.69, 9.17) is 21.8 Å². The summed E-state index contributed by atoms with van der Waals surface area (Å²) in [6.07, 6.45) is 0. The van der Waals surface area contributed by atoms with Crippen molar-refractivity contribution in [1.29, 1.82) is 0 Å². The van der Waals surface area contributed by atoms with Crippen LogP contribution in [-0.4, -0.2) is 39.4 Å². The summed E-state index contributed by atoms with van der Waals surface area (Å²) < 4.78 is 0. The SMILES string of the molecule is Cc1nc(Cl)cc(NC(CO)CO)n1. The van der Waals surface area contributed by atoms with E-state index in [-0.39, 0.29) is 13.2 Å². The van der Waals surface area contributed by atoms with Crippen molar-refractivity contribution >= 4 is 17.4 Å². The molecule has 0 bridgehead atoms. The maximum Gasteiger partial charge on any atom is 0.134 e. The van der Waals surface area contributed by atoms with E-state index in [0.717, 1.165) is 0 Å². The van der Waals surface area contributed by atoms with Crippen LogP contribution in [0.2, 0.25) is 5.15 Å². The second kappa shape index (κ2) is 5.09. The molecule has 0 saturated carbocycles. The summed E-state index contributed by atoms with van der Waals surface area (Å²) in [5.41, 5.74) is 0. The van der Waals surface area contributed by atoms with E-state index in [1.165, 1.54) is 6.07 Å². The van der Waals surface area contributed by atoms with E-state index in [1.54, 1.807) is 6.92 Å². The summed E-state index contributed by atoms with van der Waals surface area (Å²) in [7, 11) is 0. The number of anilines is 1. The highest BCUT2D eigenvalue weighted by Crippen LogP contribution is 2.11. The molecule has 0 spiro atoms. The summed E-state index contributed by atoms with van der Waals surface area (Å²) >= 11 is 5.70. The number of aromatic nitrogens is 2. The first-order chi connectivity index (χ1) is 6.65. The monoisotopic (exact) mass is 217 g/mol. The molecule has 14 heavy (non-hydrogen) atoms. The Balaban J connectivity index is 2.75. The van der Waals surface area contributed by atoms with E-state index < -0.39 is 6.04 Å². The number of hydrogen-bond donors (Lipinski definition) is 3. The standard InChI is InChI=1S/C8H12ClN3O2/c1-5-10-7(9)2-8(11-5)12-6(3-13)4-14/h2,6,13-14H,3-4H2,1H3,(H,10,11,12). The van der Waals surface area contributed by atoms with Gasteiger partial charge in [0.05, 0.1) is 19.3 Å². The molecule has 3 N–H and O–H groups in total. The minimum Gasteiger partial charge on any atom is -0.394 e. The van der Waals surface area contributed by atoms with E-state index >= 15 is 0 Å². The Hall–Kier alpha value is -0.910. The first kappa shape index (κ1) is 11.2. The topological polar surface area (TPSA) is 78.3 Å². The van der Waals surface area contributed by atoms with Crippen LogP contribution in [0.4, 0.5) is 5.82 Å². The quantitative estimate of drug-likeness (QED) is 0.629. The number of nitrogens with zero attached hydrogens (tertiary/aromatic N) is 2. The Kier molecular flexibility index (Phi) is 4.06. The molecule has 1 rings (SSSR count). The molecule has 1 aromatic heterocycles. The molecule has 0 unspecified atom stereocenters. The summed E-state index contributed by atoms with van der Waals surface area (Å²) in [4.78, 5) is 7.92. The number of aliphatic hydroxyl groups is 2. The molecule has 0 atom stereocenters. The number of nitrogens with one attached hydrogen (secondary N) is 1. The Morgan fingerprint density at radius 1 is 1.43 bits per heavy atom. The van der Waals surface area contributed by atoms with Gasteiger partial charge in [-0.05, 0) is 6.92 Å². The van der Waals surface area contributed by atoms with Gasteiger partial charge in [0, 0.05) is 6.07 Å². The van der Waals surface area contributed by atoms with Crippen LogP contribution in [-0.2, 0) is 0 Å². The molecule has 5 nitrogen and oxygen atoms in total. The van der Waals surface area contributed by atoms with E-state index in [9.17, 15) is 0 Å². The minimum absolute atomic E-state index is 0.169. The molecule has 78 valence electrons. The number of rotatable bonds is 4. The number of aliphatic hydroxyl groups excluding tert-OH is 2. The van der Waals surface area contributed by atoms with Gasteiger partial charge < -0.3 is 15.5 Å². The lowest BCUT2D eigenvalue weighted by molar-refractivity contribution is 0.203. The molecule has 0 aliphatic rings. The number of halogens is 1. The minimum atomic E-state index is -0.430. The van der Waals surface area contributed by atoms with Gasteiger partial charge in [0.25, 0.3) is 0 Å². The van der Waals surface area contributed by atoms with E-state index in [1.807, 2.05) is 0 Å². The highest BCUT2D eigenvalue weighted by atomic mass is 35.5. The molecule has 1 aromatic rings. The zero-order valence-corrected chi connectivity index (χ0v) is 8.49. The van der Waals surface area contributed by atoms with Crippen molar-refractivity contribution in [3.8, 4) is 0 Å². The maximum atomic E-state index is 8.83. The fourth-order valence-electron chi connectivity index (χ4n) is 0.963. The third-order valence-electron chi connectivity index (χ3n) is 1.60. The zero-order chi connectivity index (χ0) is 10.6. The number of aryl methyl sites for hydroxylation is 1. The van der Waals surface area contributed by atoms with Crippen LogP contribution in [0.3, 0.4) is 0 Å². The second-order valence-corrected chi connectivity index (χ2v) is 3.22. The Morgan fingerprint density at radius 2 is 2.07 bits per heavy atom. The van der Waals surface area contributed by atoms with Crippen LogP contribution in [0.25, 0.3) is 0 Å². The van der Waals surface area contributed by atoms with Gasteiger partial charge in [-0.25, -0.2) is 9.97 Å². The Labute approximate surface area is 86.8 Å². The average molecular weight is 218 g/mol. The van der Waals surface area contributed by atoms with Gasteiger partial charge in [-0.3, -0.25) is 0 Å². The van der Waals surface area contributed by atoms with Crippen molar-refractivity contribution in [3.05, 3.63) is 17.0 Å². The summed E-state index contributed by atoms with van der Waals surface area (Å²) in [5, 5.41) is 20.8. The third-order valence-corrected chi connectivity index (χ3v) is 1.79. The van der Waals surface area contributed by atoms with Gasteiger partial charge in [-0.15, -0.1) is 0 Å². The average Bonchev–Trinajstić information content (AvgIpc) is 2.12. The summed E-state index contributed by atoms with van der Waals surface area (Å²) in [5.74, 6) is 1.03. The van der Waals surface area contributed by atoms with E-state index in [0.29, 0.717) is 16.8 Å². The lowest BCUT2D eigenvalue weighted by atomic mass is 10.3. The fraction of sp³-hybridized carbons (Fsp3) is 0.500. The van der Waals surface area contributed by atoms with Crippen LogP contribution in [0.5, 0.6) is 0 Å². The van der Waals surface area contributed by atoms with Crippen LogP contribution in [0, 0.1) is 6.92 Å². The van der Waals surface area contributed by atoms with Crippen LogP contribution >= 0.6 is 11.6 Å². The lowest BCUT2D eigenvalue weighted by Gasteiger charge is -2.13. The van der Waals surface area contributed by atoms with Crippen molar-refractivity contribution in [3.63, 3.8) is 0 Å². The maximum absolute atomic E-state index is 8.83. The second-order valence-electron chi connectivity index (χ2n) is 2.83. The first-order valence-corrected chi connectivity index (χ1v) is 4.53. The van der Waals surface area contributed by atoms with Crippen LogP contribution in [0.1, 0.15) is 5.82 Å². The van der Waals surface area contributed by atoms with Crippen LogP contribution < -0.4 is 5.32 Å². The highest BCUT2D eigenvalue weighted by molar-refractivity contribution is 6.29. The fourth-order valence-corrected chi connectivity index (χ4v) is 1.19. The van der Waals surface area contributed by atoms with Crippen LogP contribution in [0.15, 0.2) is 6.07 Å². The van der Waals surface area contributed by atoms with Crippen molar-refractivity contribution < 1.29 is 10.2 Å². The van der Waals surface area contributed by atoms with Crippen molar-refractivity contribution in [2.24, 2.45) is 0 Å². The Bertz CT molecular complexity index is 284. The predicted octanol–water partition coefficient (Wildman–Crippen LogP) is 0.204. The molecular formula is C8H12ClN3O2. The first-order valence-electron chi connectivity index (χ1n) is 4.15. The smallest absolute Gasteiger partial charge is 0.134 e. The van der Waals surface area contributed by atoms with Gasteiger partial charge in [0.1, 0.15) is 16.8 Å². The van der Waals surface area contributed by atoms with Crippen molar-refractivity contribution in [2.45, 2.75) is 13.0 Å². The molecular weight excluding hydrogens is 206 g/mol. The van der Waals surface area contributed by atoms with Gasteiger partial charge in [-0.2, -0.15) is 0 Å². The van der Waals surface area contributed by atoms with Gasteiger partial charge >= 0.3 is 0 Å². The van der Waals surface area contributed by atoms with Gasteiger partial charge in [0.15, 0.2) is 0 Å². The molecule has 1 heterocycles. The van der Waals surface area contributed by atoms with E-state index in [2.05, 4.69) is 15.3 Å². The number of hydrogen-bond acceptors (Lipinski definition) is 5. The molecule has 0 fully saturated rings. The summed E-state index contributed by atoms with van der Waals surface area (Å²) in [6, 6.07) is 1.10. The third kappa shape index (κ3) is 3.10. The van der Waals surface area contributed by atoms with Crippen molar-refractivity contribution in [1.82, 2.24) is 9.97 Å². The summed E-state index contributed by atoms with van der Waals surface area (Å²) in [6.45, 7) is 1.37.